The molecule has 16 heavy (non-hydrogen) atoms. The lowest BCUT2D eigenvalue weighted by Crippen LogP contribution is -2.21. The third kappa shape index (κ3) is 2.10. The quantitative estimate of drug-likeness (QED) is 0.824. The molecule has 1 aliphatic carbocycles. The molecule has 1 aromatic rings. The van der Waals surface area contributed by atoms with Gasteiger partial charge in [-0.25, -0.2) is 13.6 Å². The zero-order valence-electron chi connectivity index (χ0n) is 9.26. The van der Waals surface area contributed by atoms with Crippen LogP contribution < -0.4 is 5.14 Å². The van der Waals surface area contributed by atoms with Crippen LogP contribution in [0.1, 0.15) is 32.0 Å². The molecular weight excluding hydrogens is 228 g/mol. The van der Waals surface area contributed by atoms with E-state index in [1.54, 1.807) is 4.57 Å². The fraction of sp³-hybridized carbons (Fsp3) is 0.778. The van der Waals surface area contributed by atoms with E-state index in [0.717, 1.165) is 12.2 Å². The van der Waals surface area contributed by atoms with Gasteiger partial charge in [0.05, 0.1) is 0 Å². The van der Waals surface area contributed by atoms with Gasteiger partial charge in [-0.15, -0.1) is 10.2 Å². The van der Waals surface area contributed by atoms with E-state index >= 15 is 0 Å². The predicted molar refractivity (Wildman–Crippen MR) is 58.1 cm³/mol. The third-order valence-electron chi connectivity index (χ3n) is 3.06. The first-order valence-electron chi connectivity index (χ1n) is 5.47. The molecule has 1 heterocycles. The van der Waals surface area contributed by atoms with E-state index in [0.29, 0.717) is 12.5 Å². The lowest BCUT2D eigenvalue weighted by Gasteiger charge is -2.24. The van der Waals surface area contributed by atoms with Crippen molar-refractivity contribution in [3.05, 3.63) is 5.82 Å². The van der Waals surface area contributed by atoms with Gasteiger partial charge in [0, 0.05) is 13.0 Å². The van der Waals surface area contributed by atoms with Crippen molar-refractivity contribution >= 4 is 10.0 Å². The van der Waals surface area contributed by atoms with Crippen molar-refractivity contribution in [1.29, 1.82) is 0 Å². The molecule has 0 radical (unpaired) electrons. The molecule has 0 aromatic carbocycles. The molecule has 0 aliphatic heterocycles. The molecule has 90 valence electrons. The van der Waals surface area contributed by atoms with E-state index in [4.69, 9.17) is 5.14 Å². The smallest absolute Gasteiger partial charge is 0.273 e. The Kier molecular flexibility index (Phi) is 2.98. The van der Waals surface area contributed by atoms with Crippen LogP contribution in [0.25, 0.3) is 0 Å². The van der Waals surface area contributed by atoms with E-state index in [1.165, 1.54) is 19.3 Å². The zero-order valence-corrected chi connectivity index (χ0v) is 10.1. The predicted octanol–water partition coefficient (Wildman–Crippen LogP) is 0.288. The fourth-order valence-corrected chi connectivity index (χ4v) is 2.65. The first-order valence-corrected chi connectivity index (χ1v) is 7.02. The monoisotopic (exact) mass is 244 g/mol. The number of nitrogens with zero attached hydrogens (tertiary/aromatic N) is 3. The number of nitrogens with two attached hydrogens (primary N) is 1. The summed E-state index contributed by atoms with van der Waals surface area (Å²) in [6.07, 6.45) is 4.45. The zero-order chi connectivity index (χ0) is 11.8. The topological polar surface area (TPSA) is 90.9 Å². The number of hydrogen-bond donors (Lipinski definition) is 1. The maximum Gasteiger partial charge on any atom is 0.273 e. The second-order valence-electron chi connectivity index (χ2n) is 4.19. The minimum absolute atomic E-state index is 0.121. The summed E-state index contributed by atoms with van der Waals surface area (Å²) in [5, 5.41) is 12.6. The fourth-order valence-electron chi connectivity index (χ4n) is 1.95. The summed E-state index contributed by atoms with van der Waals surface area (Å²) >= 11 is 0. The maximum atomic E-state index is 11.2. The summed E-state index contributed by atoms with van der Waals surface area (Å²) in [5.74, 6) is 1.36. The van der Waals surface area contributed by atoms with Crippen LogP contribution in [0.3, 0.4) is 0 Å². The van der Waals surface area contributed by atoms with Crippen molar-refractivity contribution in [2.45, 2.75) is 44.3 Å². The summed E-state index contributed by atoms with van der Waals surface area (Å²) in [6.45, 7) is 2.39. The van der Waals surface area contributed by atoms with Gasteiger partial charge >= 0.3 is 0 Å². The highest BCUT2D eigenvalue weighted by Gasteiger charge is 2.24. The third-order valence-corrected chi connectivity index (χ3v) is 3.87. The van der Waals surface area contributed by atoms with E-state index in [2.05, 4.69) is 10.2 Å². The number of sulfonamides is 1. The van der Waals surface area contributed by atoms with Crippen molar-refractivity contribution in [3.8, 4) is 0 Å². The van der Waals surface area contributed by atoms with Crippen molar-refractivity contribution in [3.63, 3.8) is 0 Å². The normalized spacial score (nSPS) is 17.4. The summed E-state index contributed by atoms with van der Waals surface area (Å²) in [6, 6.07) is 0. The average Bonchev–Trinajstić information content (AvgIpc) is 2.53. The Morgan fingerprint density at radius 3 is 2.56 bits per heavy atom. The number of hydrogen-bond acceptors (Lipinski definition) is 4. The Morgan fingerprint density at radius 2 is 2.12 bits per heavy atom. The van der Waals surface area contributed by atoms with Gasteiger partial charge < -0.3 is 4.57 Å². The van der Waals surface area contributed by atoms with Gasteiger partial charge in [-0.1, -0.05) is 19.3 Å². The molecule has 0 atom stereocenters. The number of rotatable bonds is 4. The Bertz CT molecular complexity index is 476. The highest BCUT2D eigenvalue weighted by atomic mass is 32.2. The molecule has 0 unspecified atom stereocenters. The van der Waals surface area contributed by atoms with Crippen molar-refractivity contribution < 1.29 is 8.42 Å². The van der Waals surface area contributed by atoms with E-state index in [-0.39, 0.29) is 5.16 Å². The van der Waals surface area contributed by atoms with Crippen molar-refractivity contribution in [2.24, 2.45) is 11.1 Å². The van der Waals surface area contributed by atoms with Crippen LogP contribution in [0, 0.1) is 5.92 Å². The molecule has 6 nitrogen and oxygen atoms in total. The second kappa shape index (κ2) is 4.14. The van der Waals surface area contributed by atoms with Gasteiger partial charge in [-0.3, -0.25) is 0 Å². The van der Waals surface area contributed by atoms with E-state index in [1.807, 2.05) is 6.92 Å². The summed E-state index contributed by atoms with van der Waals surface area (Å²) in [5.41, 5.74) is 0. The Labute approximate surface area is 94.9 Å². The van der Waals surface area contributed by atoms with Crippen LogP contribution >= 0.6 is 0 Å². The van der Waals surface area contributed by atoms with Crippen LogP contribution in [-0.2, 0) is 23.0 Å². The maximum absolute atomic E-state index is 11.2. The molecule has 1 aliphatic rings. The molecule has 0 saturated heterocycles. The van der Waals surface area contributed by atoms with Gasteiger partial charge in [0.1, 0.15) is 5.82 Å². The lowest BCUT2D eigenvalue weighted by molar-refractivity contribution is 0.305. The van der Waals surface area contributed by atoms with Gasteiger partial charge in [0.15, 0.2) is 0 Å². The van der Waals surface area contributed by atoms with Gasteiger partial charge in [-0.05, 0) is 12.8 Å². The van der Waals surface area contributed by atoms with E-state index < -0.39 is 10.0 Å². The summed E-state index contributed by atoms with van der Waals surface area (Å²) < 4.78 is 24.1. The molecule has 1 aromatic heterocycles. The lowest BCUT2D eigenvalue weighted by atomic mass is 9.83. The highest BCUT2D eigenvalue weighted by molar-refractivity contribution is 7.89. The van der Waals surface area contributed by atoms with Crippen molar-refractivity contribution in [2.75, 3.05) is 0 Å². The Hall–Kier alpha value is -0.950. The Balaban J connectivity index is 2.28. The standard InChI is InChI=1S/C9H16N4O2S/c1-2-13-8(6-7-4-3-5-7)11-12-9(13)16(10,14)15/h7H,2-6H2,1H3,(H2,10,14,15). The van der Waals surface area contributed by atoms with Crippen molar-refractivity contribution in [1.82, 2.24) is 14.8 Å². The molecule has 2 N–H and O–H groups in total. The minimum Gasteiger partial charge on any atom is -0.301 e. The number of primary sulfonamides is 1. The largest absolute Gasteiger partial charge is 0.301 e. The first-order chi connectivity index (χ1) is 7.52. The van der Waals surface area contributed by atoms with Crippen LogP contribution in [-0.4, -0.2) is 23.2 Å². The molecular formula is C9H16N4O2S. The van der Waals surface area contributed by atoms with Crippen LogP contribution in [0.15, 0.2) is 5.16 Å². The van der Waals surface area contributed by atoms with Crippen LogP contribution in [0.5, 0.6) is 0 Å². The molecule has 0 bridgehead atoms. The van der Waals surface area contributed by atoms with Gasteiger partial charge in [-0.2, -0.15) is 0 Å². The van der Waals surface area contributed by atoms with E-state index in [9.17, 15) is 8.42 Å². The average molecular weight is 244 g/mol. The second-order valence-corrected chi connectivity index (χ2v) is 5.64. The van der Waals surface area contributed by atoms with Gasteiger partial charge in [0.25, 0.3) is 15.2 Å². The van der Waals surface area contributed by atoms with Gasteiger partial charge in [0.2, 0.25) is 0 Å². The molecule has 0 amide bonds. The molecule has 7 heteroatoms. The minimum atomic E-state index is -3.76. The molecule has 1 fully saturated rings. The summed E-state index contributed by atoms with van der Waals surface area (Å²) in [7, 11) is -3.76. The van der Waals surface area contributed by atoms with Crippen LogP contribution in [0.4, 0.5) is 0 Å². The Morgan fingerprint density at radius 1 is 1.44 bits per heavy atom. The molecule has 1 saturated carbocycles. The molecule has 2 rings (SSSR count). The number of aromatic nitrogens is 3. The SMILES string of the molecule is CCn1c(CC2CCC2)nnc1S(N)(=O)=O. The summed E-state index contributed by atoms with van der Waals surface area (Å²) in [4.78, 5) is 0. The first kappa shape index (κ1) is 11.5. The highest BCUT2D eigenvalue weighted by Crippen LogP contribution is 2.29. The molecule has 0 spiro atoms. The van der Waals surface area contributed by atoms with Crippen LogP contribution in [0.2, 0.25) is 0 Å².